The maximum atomic E-state index is 12.9. The highest BCUT2D eigenvalue weighted by molar-refractivity contribution is 8.13. The molecule has 0 radical (unpaired) electrons. The molecule has 2 N–H and O–H groups in total. The van der Waals surface area contributed by atoms with Crippen LogP contribution in [0.5, 0.6) is 0 Å². The zero-order valence-electron chi connectivity index (χ0n) is 10.4. The van der Waals surface area contributed by atoms with E-state index in [-0.39, 0.29) is 10.9 Å². The van der Waals surface area contributed by atoms with E-state index in [4.69, 9.17) is 0 Å². The highest BCUT2D eigenvalue weighted by Crippen LogP contribution is 2.24. The summed E-state index contributed by atoms with van der Waals surface area (Å²) in [5.74, 6) is 0.0819. The predicted molar refractivity (Wildman–Crippen MR) is 69.9 cm³/mol. The Bertz CT molecular complexity index is 423. The number of aryl methyl sites for hydroxylation is 1. The highest BCUT2D eigenvalue weighted by Gasteiger charge is 2.20. The fourth-order valence-electron chi connectivity index (χ4n) is 1.66. The van der Waals surface area contributed by atoms with E-state index in [2.05, 4.69) is 0 Å². The van der Waals surface area contributed by atoms with Crippen LogP contribution in [0.4, 0.5) is 4.39 Å². The van der Waals surface area contributed by atoms with Gasteiger partial charge in [-0.15, -0.1) is 0 Å². The number of carbonyl (C=O) groups excluding carboxylic acids is 1. The Labute approximate surface area is 110 Å². The molecule has 1 aromatic rings. The van der Waals surface area contributed by atoms with E-state index in [0.29, 0.717) is 23.3 Å². The van der Waals surface area contributed by atoms with Crippen molar-refractivity contribution in [2.45, 2.75) is 32.5 Å². The summed E-state index contributed by atoms with van der Waals surface area (Å²) in [6.45, 7) is 3.14. The smallest absolute Gasteiger partial charge is 0.185 e. The second kappa shape index (κ2) is 6.87. The van der Waals surface area contributed by atoms with Gasteiger partial charge in [-0.25, -0.2) is 4.39 Å². The Kier molecular flexibility index (Phi) is 5.78. The number of thioether (sulfide) groups is 1. The second-order valence-electron chi connectivity index (χ2n) is 4.14. The highest BCUT2D eigenvalue weighted by atomic mass is 32.2. The Hall–Kier alpha value is -0.910. The molecule has 0 saturated heterocycles. The Morgan fingerprint density at radius 2 is 2.11 bits per heavy atom. The van der Waals surface area contributed by atoms with Crippen molar-refractivity contribution < 1.29 is 19.4 Å². The molecule has 1 rings (SSSR count). The van der Waals surface area contributed by atoms with Crippen LogP contribution in [0.2, 0.25) is 0 Å². The largest absolute Gasteiger partial charge is 0.390 e. The van der Waals surface area contributed by atoms with Crippen molar-refractivity contribution in [2.75, 3.05) is 5.75 Å². The van der Waals surface area contributed by atoms with Gasteiger partial charge in [-0.1, -0.05) is 17.8 Å². The third-order valence-electron chi connectivity index (χ3n) is 2.63. The monoisotopic (exact) mass is 272 g/mol. The third-order valence-corrected chi connectivity index (χ3v) is 3.48. The molecule has 2 atom stereocenters. The SMILES string of the molecule is CC(=O)SCCC(O)C(O)c1ccc(F)cc1C. The minimum Gasteiger partial charge on any atom is -0.390 e. The Morgan fingerprint density at radius 1 is 1.44 bits per heavy atom. The van der Waals surface area contributed by atoms with Gasteiger partial charge in [0.2, 0.25) is 0 Å². The standard InChI is InChI=1S/C13H17FO3S/c1-8-7-10(14)3-4-11(8)13(17)12(16)5-6-18-9(2)15/h3-4,7,12-13,16-17H,5-6H2,1-2H3. The van der Waals surface area contributed by atoms with Gasteiger partial charge in [-0.3, -0.25) is 4.79 Å². The molecule has 18 heavy (non-hydrogen) atoms. The summed E-state index contributed by atoms with van der Waals surface area (Å²) in [4.78, 5) is 10.7. The summed E-state index contributed by atoms with van der Waals surface area (Å²) in [5.41, 5.74) is 1.11. The molecular weight excluding hydrogens is 255 g/mol. The second-order valence-corrected chi connectivity index (χ2v) is 5.41. The van der Waals surface area contributed by atoms with E-state index in [0.717, 1.165) is 11.8 Å². The molecule has 1 aromatic carbocycles. The van der Waals surface area contributed by atoms with Crippen LogP contribution in [0.1, 0.15) is 30.6 Å². The van der Waals surface area contributed by atoms with Crippen molar-refractivity contribution in [2.24, 2.45) is 0 Å². The van der Waals surface area contributed by atoms with E-state index in [1.54, 1.807) is 6.92 Å². The summed E-state index contributed by atoms with van der Waals surface area (Å²) in [5, 5.41) is 19.7. The lowest BCUT2D eigenvalue weighted by atomic mass is 9.98. The molecule has 0 aliphatic heterocycles. The van der Waals surface area contributed by atoms with Gasteiger partial charge in [0.05, 0.1) is 6.10 Å². The molecule has 0 spiro atoms. The molecule has 0 bridgehead atoms. The van der Waals surface area contributed by atoms with Crippen molar-refractivity contribution >= 4 is 16.9 Å². The average Bonchev–Trinajstić information content (AvgIpc) is 2.27. The van der Waals surface area contributed by atoms with Gasteiger partial charge in [0.1, 0.15) is 11.9 Å². The zero-order valence-corrected chi connectivity index (χ0v) is 11.2. The molecule has 5 heteroatoms. The lowest BCUT2D eigenvalue weighted by Gasteiger charge is -2.19. The summed E-state index contributed by atoms with van der Waals surface area (Å²) < 4.78 is 12.9. The maximum Gasteiger partial charge on any atom is 0.185 e. The van der Waals surface area contributed by atoms with E-state index in [9.17, 15) is 19.4 Å². The molecule has 100 valence electrons. The number of hydrogen-bond donors (Lipinski definition) is 2. The van der Waals surface area contributed by atoms with Crippen molar-refractivity contribution in [3.05, 3.63) is 35.1 Å². The molecule has 3 nitrogen and oxygen atoms in total. The van der Waals surface area contributed by atoms with Crippen LogP contribution in [-0.2, 0) is 4.79 Å². The van der Waals surface area contributed by atoms with Crippen LogP contribution in [0.15, 0.2) is 18.2 Å². The van der Waals surface area contributed by atoms with Crippen LogP contribution in [-0.4, -0.2) is 27.2 Å². The summed E-state index contributed by atoms with van der Waals surface area (Å²) in [6, 6.07) is 4.04. The van der Waals surface area contributed by atoms with E-state index in [1.807, 2.05) is 0 Å². The molecular formula is C13H17FO3S. The summed E-state index contributed by atoms with van der Waals surface area (Å²) in [6.07, 6.45) is -1.71. The molecule has 0 aliphatic rings. The number of halogens is 1. The van der Waals surface area contributed by atoms with Crippen LogP contribution < -0.4 is 0 Å². The number of benzene rings is 1. The molecule has 0 saturated carbocycles. The minimum absolute atomic E-state index is 0.0188. The van der Waals surface area contributed by atoms with Crippen molar-refractivity contribution in [3.63, 3.8) is 0 Å². The molecule has 0 fully saturated rings. The maximum absolute atomic E-state index is 12.9. The van der Waals surface area contributed by atoms with Gasteiger partial charge < -0.3 is 10.2 Å². The van der Waals surface area contributed by atoms with E-state index < -0.39 is 12.2 Å². The van der Waals surface area contributed by atoms with Gasteiger partial charge in [0, 0.05) is 12.7 Å². The van der Waals surface area contributed by atoms with Gasteiger partial charge >= 0.3 is 0 Å². The fraction of sp³-hybridized carbons (Fsp3) is 0.462. The van der Waals surface area contributed by atoms with Gasteiger partial charge in [-0.2, -0.15) is 0 Å². The third kappa shape index (κ3) is 4.40. The van der Waals surface area contributed by atoms with Crippen LogP contribution >= 0.6 is 11.8 Å². The zero-order chi connectivity index (χ0) is 13.7. The molecule has 0 aromatic heterocycles. The summed E-state index contributed by atoms with van der Waals surface area (Å²) >= 11 is 1.11. The molecule has 0 amide bonds. The minimum atomic E-state index is -1.06. The Morgan fingerprint density at radius 3 is 2.67 bits per heavy atom. The molecule has 2 unspecified atom stereocenters. The number of rotatable bonds is 5. The van der Waals surface area contributed by atoms with Gasteiger partial charge in [-0.05, 0) is 36.6 Å². The predicted octanol–water partition coefficient (Wildman–Crippen LogP) is 2.20. The van der Waals surface area contributed by atoms with Crippen molar-refractivity contribution in [1.29, 1.82) is 0 Å². The quantitative estimate of drug-likeness (QED) is 0.862. The number of hydrogen-bond acceptors (Lipinski definition) is 4. The number of aliphatic hydroxyl groups is 2. The van der Waals surface area contributed by atoms with Crippen molar-refractivity contribution in [3.8, 4) is 0 Å². The average molecular weight is 272 g/mol. The fourth-order valence-corrected chi connectivity index (χ4v) is 2.31. The van der Waals surface area contributed by atoms with Gasteiger partial charge in [0.15, 0.2) is 5.12 Å². The lowest BCUT2D eigenvalue weighted by molar-refractivity contribution is -0.109. The van der Waals surface area contributed by atoms with E-state index in [1.165, 1.54) is 25.1 Å². The first-order chi connectivity index (χ1) is 8.41. The van der Waals surface area contributed by atoms with Crippen LogP contribution in [0.25, 0.3) is 0 Å². The number of carbonyl (C=O) groups is 1. The lowest BCUT2D eigenvalue weighted by Crippen LogP contribution is -2.20. The van der Waals surface area contributed by atoms with Crippen LogP contribution in [0.3, 0.4) is 0 Å². The van der Waals surface area contributed by atoms with Gasteiger partial charge in [0.25, 0.3) is 0 Å². The Balaban J connectivity index is 2.62. The summed E-state index contributed by atoms with van der Waals surface area (Å²) in [7, 11) is 0. The van der Waals surface area contributed by atoms with Crippen molar-refractivity contribution in [1.82, 2.24) is 0 Å². The van der Waals surface area contributed by atoms with E-state index >= 15 is 0 Å². The molecule has 0 aliphatic carbocycles. The normalized spacial score (nSPS) is 14.3. The topological polar surface area (TPSA) is 57.5 Å². The first-order valence-corrected chi connectivity index (χ1v) is 6.66. The first kappa shape index (κ1) is 15.1. The number of aliphatic hydroxyl groups excluding tert-OH is 2. The molecule has 0 heterocycles. The first-order valence-electron chi connectivity index (χ1n) is 5.67. The van der Waals surface area contributed by atoms with Crippen LogP contribution in [0, 0.1) is 12.7 Å².